The van der Waals surface area contributed by atoms with Crippen molar-refractivity contribution in [1.29, 1.82) is 0 Å². The lowest BCUT2D eigenvalue weighted by Gasteiger charge is -2.18. The zero-order valence-corrected chi connectivity index (χ0v) is 11.7. The predicted molar refractivity (Wildman–Crippen MR) is 74.3 cm³/mol. The Morgan fingerprint density at radius 3 is 2.70 bits per heavy atom. The number of benzene rings is 1. The van der Waals surface area contributed by atoms with Crippen molar-refractivity contribution in [3.05, 3.63) is 53.4 Å². The molecule has 20 heavy (non-hydrogen) atoms. The van der Waals surface area contributed by atoms with Crippen molar-refractivity contribution in [1.82, 2.24) is 15.1 Å². The summed E-state index contributed by atoms with van der Waals surface area (Å²) in [6, 6.07) is 4.02. The Balaban J connectivity index is 2.19. The minimum Gasteiger partial charge on any atom is -0.310 e. The van der Waals surface area contributed by atoms with Crippen molar-refractivity contribution in [3.63, 3.8) is 0 Å². The van der Waals surface area contributed by atoms with Crippen LogP contribution in [-0.4, -0.2) is 16.3 Å². The molecular formula is C15H19F2N3. The van der Waals surface area contributed by atoms with Gasteiger partial charge < -0.3 is 5.32 Å². The lowest BCUT2D eigenvalue weighted by molar-refractivity contribution is 0.493. The third kappa shape index (κ3) is 3.63. The summed E-state index contributed by atoms with van der Waals surface area (Å²) < 4.78 is 28.2. The Labute approximate surface area is 117 Å². The first-order valence-corrected chi connectivity index (χ1v) is 6.76. The maximum atomic E-state index is 13.4. The van der Waals surface area contributed by atoms with E-state index in [1.54, 1.807) is 16.9 Å². The number of nitrogens with one attached hydrogen (secondary N) is 1. The molecule has 0 spiro atoms. The molecule has 0 radical (unpaired) electrons. The summed E-state index contributed by atoms with van der Waals surface area (Å²) in [6.45, 7) is 2.89. The molecule has 1 N–H and O–H groups in total. The number of aryl methyl sites for hydroxylation is 1. The number of rotatable bonds is 6. The normalized spacial score (nSPS) is 12.6. The largest absolute Gasteiger partial charge is 0.310 e. The van der Waals surface area contributed by atoms with E-state index < -0.39 is 11.6 Å². The van der Waals surface area contributed by atoms with E-state index in [9.17, 15) is 8.78 Å². The highest BCUT2D eigenvalue weighted by Gasteiger charge is 2.14. The van der Waals surface area contributed by atoms with Gasteiger partial charge in [0.1, 0.15) is 0 Å². The number of aromatic nitrogens is 2. The SMILES string of the molecule is CCCNC(Cc1cnn(C)c1)c1ccc(F)c(F)c1. The molecule has 1 aromatic heterocycles. The zero-order valence-electron chi connectivity index (χ0n) is 11.7. The highest BCUT2D eigenvalue weighted by atomic mass is 19.2. The van der Waals surface area contributed by atoms with Crippen molar-refractivity contribution in [2.75, 3.05) is 6.54 Å². The summed E-state index contributed by atoms with van der Waals surface area (Å²) in [7, 11) is 1.86. The van der Waals surface area contributed by atoms with Crippen LogP contribution in [0.1, 0.15) is 30.5 Å². The van der Waals surface area contributed by atoms with E-state index in [1.807, 2.05) is 13.2 Å². The van der Waals surface area contributed by atoms with Gasteiger partial charge >= 0.3 is 0 Å². The van der Waals surface area contributed by atoms with Gasteiger partial charge in [-0.3, -0.25) is 4.68 Å². The third-order valence-electron chi connectivity index (χ3n) is 3.18. The first kappa shape index (κ1) is 14.7. The third-order valence-corrected chi connectivity index (χ3v) is 3.18. The maximum absolute atomic E-state index is 13.4. The molecule has 0 aliphatic carbocycles. The molecule has 108 valence electrons. The van der Waals surface area contributed by atoms with E-state index >= 15 is 0 Å². The van der Waals surface area contributed by atoms with Gasteiger partial charge in [0.25, 0.3) is 0 Å². The van der Waals surface area contributed by atoms with Crippen LogP contribution in [0.4, 0.5) is 8.78 Å². The van der Waals surface area contributed by atoms with Crippen LogP contribution in [0.2, 0.25) is 0 Å². The first-order chi connectivity index (χ1) is 9.60. The molecule has 0 amide bonds. The van der Waals surface area contributed by atoms with Crippen LogP contribution in [0.25, 0.3) is 0 Å². The fourth-order valence-corrected chi connectivity index (χ4v) is 2.17. The molecule has 0 saturated heterocycles. The van der Waals surface area contributed by atoms with Crippen LogP contribution in [0.5, 0.6) is 0 Å². The molecule has 0 aliphatic rings. The Bertz CT molecular complexity index is 566. The smallest absolute Gasteiger partial charge is 0.159 e. The number of hydrogen-bond acceptors (Lipinski definition) is 2. The van der Waals surface area contributed by atoms with E-state index in [0.29, 0.717) is 6.42 Å². The predicted octanol–water partition coefficient (Wildman–Crippen LogP) is 2.98. The van der Waals surface area contributed by atoms with Gasteiger partial charge in [-0.2, -0.15) is 5.10 Å². The fraction of sp³-hybridized carbons (Fsp3) is 0.400. The van der Waals surface area contributed by atoms with Crippen LogP contribution in [0, 0.1) is 11.6 Å². The van der Waals surface area contributed by atoms with Crippen LogP contribution in [0.15, 0.2) is 30.6 Å². The van der Waals surface area contributed by atoms with Gasteiger partial charge in [-0.15, -0.1) is 0 Å². The summed E-state index contributed by atoms with van der Waals surface area (Å²) >= 11 is 0. The van der Waals surface area contributed by atoms with Gasteiger partial charge in [-0.1, -0.05) is 13.0 Å². The van der Waals surface area contributed by atoms with Crippen molar-refractivity contribution in [2.45, 2.75) is 25.8 Å². The molecule has 2 aromatic rings. The van der Waals surface area contributed by atoms with Crippen molar-refractivity contribution < 1.29 is 8.78 Å². The molecule has 0 saturated carbocycles. The molecule has 1 unspecified atom stereocenters. The summed E-state index contributed by atoms with van der Waals surface area (Å²) in [6.07, 6.45) is 5.40. The highest BCUT2D eigenvalue weighted by Crippen LogP contribution is 2.20. The van der Waals surface area contributed by atoms with Gasteiger partial charge in [0.15, 0.2) is 11.6 Å². The molecule has 1 atom stereocenters. The summed E-state index contributed by atoms with van der Waals surface area (Å²) in [5.41, 5.74) is 1.81. The lowest BCUT2D eigenvalue weighted by Crippen LogP contribution is -2.24. The summed E-state index contributed by atoms with van der Waals surface area (Å²) in [5.74, 6) is -1.62. The topological polar surface area (TPSA) is 29.9 Å². The second kappa shape index (κ2) is 6.61. The van der Waals surface area contributed by atoms with E-state index in [-0.39, 0.29) is 6.04 Å². The maximum Gasteiger partial charge on any atom is 0.159 e. The minimum absolute atomic E-state index is 0.0470. The standard InChI is InChI=1S/C15H19F2N3/c1-3-6-18-15(7-11-9-19-20(2)10-11)12-4-5-13(16)14(17)8-12/h4-5,8-10,15,18H,3,6-7H2,1-2H3. The quantitative estimate of drug-likeness (QED) is 0.881. The molecule has 0 fully saturated rings. The molecule has 0 bridgehead atoms. The Morgan fingerprint density at radius 1 is 1.30 bits per heavy atom. The van der Waals surface area contributed by atoms with Crippen LogP contribution in [0.3, 0.4) is 0 Å². The summed E-state index contributed by atoms with van der Waals surface area (Å²) in [4.78, 5) is 0. The first-order valence-electron chi connectivity index (χ1n) is 6.76. The van der Waals surface area contributed by atoms with Gasteiger partial charge in [-0.05, 0) is 42.6 Å². The molecular weight excluding hydrogens is 260 g/mol. The van der Waals surface area contributed by atoms with Gasteiger partial charge in [0, 0.05) is 19.3 Å². The molecule has 0 aliphatic heterocycles. The molecule has 1 heterocycles. The second-order valence-corrected chi connectivity index (χ2v) is 4.91. The van der Waals surface area contributed by atoms with Gasteiger partial charge in [-0.25, -0.2) is 8.78 Å². The Morgan fingerprint density at radius 2 is 2.10 bits per heavy atom. The van der Waals surface area contributed by atoms with Crippen molar-refractivity contribution in [3.8, 4) is 0 Å². The van der Waals surface area contributed by atoms with E-state index in [4.69, 9.17) is 0 Å². The summed E-state index contributed by atoms with van der Waals surface area (Å²) in [5, 5.41) is 7.49. The molecule has 3 nitrogen and oxygen atoms in total. The van der Waals surface area contributed by atoms with Gasteiger partial charge in [0.2, 0.25) is 0 Å². The zero-order chi connectivity index (χ0) is 14.5. The average molecular weight is 279 g/mol. The molecule has 1 aromatic carbocycles. The van der Waals surface area contributed by atoms with Gasteiger partial charge in [0.05, 0.1) is 6.20 Å². The molecule has 5 heteroatoms. The Kier molecular flexibility index (Phi) is 4.84. The van der Waals surface area contributed by atoms with E-state index in [0.717, 1.165) is 24.1 Å². The number of nitrogens with zero attached hydrogens (tertiary/aromatic N) is 2. The monoisotopic (exact) mass is 279 g/mol. The van der Waals surface area contributed by atoms with E-state index in [2.05, 4.69) is 17.3 Å². The van der Waals surface area contributed by atoms with Crippen molar-refractivity contribution in [2.24, 2.45) is 7.05 Å². The van der Waals surface area contributed by atoms with Crippen LogP contribution >= 0.6 is 0 Å². The highest BCUT2D eigenvalue weighted by molar-refractivity contribution is 5.23. The molecule has 2 rings (SSSR count). The number of hydrogen-bond donors (Lipinski definition) is 1. The van der Waals surface area contributed by atoms with Crippen LogP contribution < -0.4 is 5.32 Å². The second-order valence-electron chi connectivity index (χ2n) is 4.91. The fourth-order valence-electron chi connectivity index (χ4n) is 2.17. The van der Waals surface area contributed by atoms with E-state index in [1.165, 1.54) is 12.1 Å². The van der Waals surface area contributed by atoms with Crippen molar-refractivity contribution >= 4 is 0 Å². The lowest BCUT2D eigenvalue weighted by atomic mass is 10.0. The van der Waals surface area contributed by atoms with Crippen LogP contribution in [-0.2, 0) is 13.5 Å². The average Bonchev–Trinajstić information content (AvgIpc) is 2.83. The number of halogens is 2. The Hall–Kier alpha value is -1.75. The minimum atomic E-state index is -0.815.